The lowest BCUT2D eigenvalue weighted by molar-refractivity contribution is -0.138. The predicted molar refractivity (Wildman–Crippen MR) is 64.7 cm³/mol. The summed E-state index contributed by atoms with van der Waals surface area (Å²) in [6.45, 7) is 9.95. The maximum atomic E-state index is 11.0. The molecule has 0 bridgehead atoms. The monoisotopic (exact) mass is 221 g/mol. The van der Waals surface area contributed by atoms with Gasteiger partial charge in [-0.1, -0.05) is 0 Å². The van der Waals surface area contributed by atoms with Crippen molar-refractivity contribution < 1.29 is 9.90 Å². The summed E-state index contributed by atoms with van der Waals surface area (Å²) in [6, 6.07) is -0.932. The van der Waals surface area contributed by atoms with E-state index in [1.807, 2.05) is 27.7 Å². The van der Waals surface area contributed by atoms with Gasteiger partial charge in [-0.25, -0.2) is 0 Å². The van der Waals surface area contributed by atoms with Crippen molar-refractivity contribution in [2.45, 2.75) is 40.7 Å². The van der Waals surface area contributed by atoms with E-state index in [9.17, 15) is 4.79 Å². The molecule has 0 unspecified atom stereocenters. The zero-order valence-electron chi connectivity index (χ0n) is 10.5. The molecule has 0 heterocycles. The van der Waals surface area contributed by atoms with Gasteiger partial charge < -0.3 is 10.8 Å². The van der Waals surface area contributed by atoms with E-state index in [0.717, 1.165) is 27.8 Å². The maximum absolute atomic E-state index is 11.0. The Labute approximate surface area is 96.3 Å². The summed E-state index contributed by atoms with van der Waals surface area (Å²) in [7, 11) is 0. The van der Waals surface area contributed by atoms with Crippen LogP contribution in [0.2, 0.25) is 0 Å². The largest absolute Gasteiger partial charge is 0.480 e. The average molecular weight is 221 g/mol. The molecule has 88 valence electrons. The molecule has 0 amide bonds. The Bertz CT molecular complexity index is 421. The molecule has 0 saturated carbocycles. The number of rotatable bonds is 2. The first-order chi connectivity index (χ1) is 7.29. The molecule has 3 heteroatoms. The maximum Gasteiger partial charge on any atom is 0.325 e. The molecule has 3 N–H and O–H groups in total. The smallest absolute Gasteiger partial charge is 0.325 e. The fraction of sp³-hybridized carbons (Fsp3) is 0.462. The Morgan fingerprint density at radius 3 is 1.56 bits per heavy atom. The summed E-state index contributed by atoms with van der Waals surface area (Å²) >= 11 is 0. The molecule has 0 spiro atoms. The van der Waals surface area contributed by atoms with Gasteiger partial charge in [0.1, 0.15) is 6.04 Å². The van der Waals surface area contributed by atoms with Gasteiger partial charge in [-0.2, -0.15) is 0 Å². The molecule has 1 rings (SSSR count). The van der Waals surface area contributed by atoms with E-state index in [0.29, 0.717) is 0 Å². The van der Waals surface area contributed by atoms with Gasteiger partial charge in [0.25, 0.3) is 0 Å². The van der Waals surface area contributed by atoms with E-state index < -0.39 is 12.0 Å². The molecule has 0 aromatic heterocycles. The number of carbonyl (C=O) groups is 1. The zero-order chi connectivity index (χ0) is 12.6. The highest BCUT2D eigenvalue weighted by atomic mass is 16.4. The number of hydrogen-bond donors (Lipinski definition) is 2. The second kappa shape index (κ2) is 4.26. The predicted octanol–water partition coefficient (Wildman–Crippen LogP) is 2.31. The van der Waals surface area contributed by atoms with Gasteiger partial charge in [0.15, 0.2) is 0 Å². The van der Waals surface area contributed by atoms with Gasteiger partial charge >= 0.3 is 5.97 Å². The minimum Gasteiger partial charge on any atom is -0.480 e. The first kappa shape index (κ1) is 12.7. The van der Waals surface area contributed by atoms with Crippen LogP contribution in [0.15, 0.2) is 0 Å². The molecule has 1 atom stereocenters. The first-order valence-electron chi connectivity index (χ1n) is 5.34. The number of carboxylic acids is 1. The molecule has 1 aromatic rings. The SMILES string of the molecule is Cc1c(C)c(C)c([C@@H](N)C(=O)O)c(C)c1C. The number of aliphatic carboxylic acids is 1. The number of hydrogen-bond acceptors (Lipinski definition) is 2. The van der Waals surface area contributed by atoms with Crippen LogP contribution in [0.4, 0.5) is 0 Å². The summed E-state index contributed by atoms with van der Waals surface area (Å²) in [5.41, 5.74) is 12.0. The van der Waals surface area contributed by atoms with Crippen LogP contribution in [-0.2, 0) is 4.79 Å². The molecule has 0 aliphatic heterocycles. The van der Waals surface area contributed by atoms with Gasteiger partial charge in [-0.05, 0) is 68.0 Å². The van der Waals surface area contributed by atoms with Gasteiger partial charge in [0, 0.05) is 0 Å². The number of nitrogens with two attached hydrogens (primary N) is 1. The molecule has 16 heavy (non-hydrogen) atoms. The third-order valence-electron chi connectivity index (χ3n) is 3.64. The Morgan fingerprint density at radius 2 is 1.25 bits per heavy atom. The number of carboxylic acid groups (broad SMARTS) is 1. The fourth-order valence-electron chi connectivity index (χ4n) is 2.12. The van der Waals surface area contributed by atoms with Crippen molar-refractivity contribution in [2.24, 2.45) is 5.73 Å². The van der Waals surface area contributed by atoms with Crippen molar-refractivity contribution in [1.82, 2.24) is 0 Å². The standard InChI is InChI=1S/C13H19NO2/c1-6-7(2)9(4)11(10(5)8(6)3)12(14)13(15)16/h12H,14H2,1-5H3,(H,15,16)/t12-/m1/s1. The third kappa shape index (κ3) is 1.83. The topological polar surface area (TPSA) is 63.3 Å². The van der Waals surface area contributed by atoms with E-state index in [2.05, 4.69) is 6.92 Å². The van der Waals surface area contributed by atoms with Crippen LogP contribution in [0.5, 0.6) is 0 Å². The normalized spacial score (nSPS) is 12.6. The lowest BCUT2D eigenvalue weighted by Gasteiger charge is -2.20. The van der Waals surface area contributed by atoms with Crippen LogP contribution >= 0.6 is 0 Å². The Kier molecular flexibility index (Phi) is 3.38. The minimum absolute atomic E-state index is 0.758. The van der Waals surface area contributed by atoms with Crippen LogP contribution in [-0.4, -0.2) is 11.1 Å². The molecule has 0 fully saturated rings. The van der Waals surface area contributed by atoms with Crippen molar-refractivity contribution in [1.29, 1.82) is 0 Å². The Balaban J connectivity index is 3.57. The summed E-state index contributed by atoms with van der Waals surface area (Å²) in [4.78, 5) is 11.0. The average Bonchev–Trinajstić information content (AvgIpc) is 2.23. The summed E-state index contributed by atoms with van der Waals surface area (Å²) in [6.07, 6.45) is 0. The van der Waals surface area contributed by atoms with Gasteiger partial charge in [-0.3, -0.25) is 4.79 Å². The highest BCUT2D eigenvalue weighted by Gasteiger charge is 2.22. The second-order valence-corrected chi connectivity index (χ2v) is 4.35. The molecule has 0 aliphatic rings. The molecule has 0 saturated heterocycles. The highest BCUT2D eigenvalue weighted by Crippen LogP contribution is 2.29. The van der Waals surface area contributed by atoms with Crippen LogP contribution in [0.3, 0.4) is 0 Å². The lowest BCUT2D eigenvalue weighted by atomic mass is 9.86. The van der Waals surface area contributed by atoms with Gasteiger partial charge in [0.2, 0.25) is 0 Å². The van der Waals surface area contributed by atoms with E-state index in [1.165, 1.54) is 5.56 Å². The fourth-order valence-corrected chi connectivity index (χ4v) is 2.12. The molecular weight excluding hydrogens is 202 g/mol. The summed E-state index contributed by atoms with van der Waals surface area (Å²) < 4.78 is 0. The van der Waals surface area contributed by atoms with Crippen LogP contribution in [0.1, 0.15) is 39.4 Å². The molecule has 3 nitrogen and oxygen atoms in total. The van der Waals surface area contributed by atoms with Gasteiger partial charge in [-0.15, -0.1) is 0 Å². The molecule has 1 aromatic carbocycles. The van der Waals surface area contributed by atoms with E-state index in [4.69, 9.17) is 10.8 Å². The van der Waals surface area contributed by atoms with Crippen molar-refractivity contribution in [3.63, 3.8) is 0 Å². The van der Waals surface area contributed by atoms with Crippen molar-refractivity contribution in [2.75, 3.05) is 0 Å². The highest BCUT2D eigenvalue weighted by molar-refractivity contribution is 5.77. The second-order valence-electron chi connectivity index (χ2n) is 4.35. The zero-order valence-corrected chi connectivity index (χ0v) is 10.5. The molecular formula is C13H19NO2. The van der Waals surface area contributed by atoms with Crippen molar-refractivity contribution in [3.05, 3.63) is 33.4 Å². The third-order valence-corrected chi connectivity index (χ3v) is 3.64. The first-order valence-corrected chi connectivity index (χ1v) is 5.34. The lowest BCUT2D eigenvalue weighted by Crippen LogP contribution is -2.23. The summed E-state index contributed by atoms with van der Waals surface area (Å²) in [5.74, 6) is -0.978. The van der Waals surface area contributed by atoms with Crippen LogP contribution in [0.25, 0.3) is 0 Å². The van der Waals surface area contributed by atoms with Crippen LogP contribution in [0, 0.1) is 34.6 Å². The number of benzene rings is 1. The van der Waals surface area contributed by atoms with Gasteiger partial charge in [0.05, 0.1) is 0 Å². The van der Waals surface area contributed by atoms with Crippen molar-refractivity contribution >= 4 is 5.97 Å². The summed E-state index contributed by atoms with van der Waals surface area (Å²) in [5, 5.41) is 9.01. The van der Waals surface area contributed by atoms with E-state index >= 15 is 0 Å². The van der Waals surface area contributed by atoms with Crippen LogP contribution < -0.4 is 5.73 Å². The Morgan fingerprint density at radius 1 is 0.938 bits per heavy atom. The van der Waals surface area contributed by atoms with Crippen molar-refractivity contribution in [3.8, 4) is 0 Å². The minimum atomic E-state index is -0.978. The Hall–Kier alpha value is -1.35. The molecule has 0 radical (unpaired) electrons. The van der Waals surface area contributed by atoms with E-state index in [-0.39, 0.29) is 0 Å². The molecule has 0 aliphatic carbocycles. The van der Waals surface area contributed by atoms with E-state index in [1.54, 1.807) is 0 Å². The quantitative estimate of drug-likeness (QED) is 0.805.